The van der Waals surface area contributed by atoms with E-state index in [-0.39, 0.29) is 39.4 Å². The Balaban J connectivity index is 2.16. The van der Waals surface area contributed by atoms with Crippen LogP contribution >= 0.6 is 11.6 Å². The number of nitrogens with zero attached hydrogens (tertiary/aromatic N) is 2. The Morgan fingerprint density at radius 3 is 2.55 bits per heavy atom. The standard InChI is InChI=1S/C20H26ClN3O6S/c1-5-12-10-23(11-16(29-3)30-12)18-15(31(4,27)28)8-7-13(17(18)21)19(25)14-9-22-24(6-2)20(14)26/h7-9,12,16,22H,5-6,10-11H2,1-4H3/t12-,16-/m1/s1. The molecule has 0 aliphatic carbocycles. The highest BCUT2D eigenvalue weighted by Crippen LogP contribution is 2.38. The second-order valence-electron chi connectivity index (χ2n) is 7.35. The summed E-state index contributed by atoms with van der Waals surface area (Å²) in [7, 11) is -2.16. The van der Waals surface area contributed by atoms with Gasteiger partial charge in [-0.25, -0.2) is 8.42 Å². The zero-order chi connectivity index (χ0) is 22.9. The van der Waals surface area contributed by atoms with Crippen molar-refractivity contribution in [2.24, 2.45) is 0 Å². The molecule has 1 aromatic carbocycles. The predicted octanol–water partition coefficient (Wildman–Crippen LogP) is 2.07. The number of methoxy groups -OCH3 is 1. The lowest BCUT2D eigenvalue weighted by atomic mass is 10.0. The van der Waals surface area contributed by atoms with E-state index in [0.717, 1.165) is 6.26 Å². The maximum Gasteiger partial charge on any atom is 0.277 e. The molecule has 170 valence electrons. The van der Waals surface area contributed by atoms with Crippen molar-refractivity contribution in [2.45, 2.75) is 44.1 Å². The number of ether oxygens (including phenoxy) is 2. The topological polar surface area (TPSA) is 111 Å². The van der Waals surface area contributed by atoms with Crippen molar-refractivity contribution in [1.29, 1.82) is 0 Å². The summed E-state index contributed by atoms with van der Waals surface area (Å²) in [6.07, 6.45) is 2.31. The molecule has 3 rings (SSSR count). The Bertz CT molecular complexity index is 1130. The first kappa shape index (κ1) is 23.5. The van der Waals surface area contributed by atoms with Crippen LogP contribution < -0.4 is 10.5 Å². The molecule has 1 aliphatic rings. The fourth-order valence-electron chi connectivity index (χ4n) is 3.61. The average molecular weight is 472 g/mol. The number of sulfone groups is 1. The lowest BCUT2D eigenvalue weighted by Gasteiger charge is -2.39. The molecule has 2 atom stereocenters. The third-order valence-electron chi connectivity index (χ3n) is 5.30. The number of ketones is 1. The third-order valence-corrected chi connectivity index (χ3v) is 6.81. The summed E-state index contributed by atoms with van der Waals surface area (Å²) in [6, 6.07) is 2.70. The number of rotatable bonds is 7. The lowest BCUT2D eigenvalue weighted by molar-refractivity contribution is -0.162. The minimum absolute atomic E-state index is 0.000643. The van der Waals surface area contributed by atoms with Gasteiger partial charge in [-0.05, 0) is 25.5 Å². The van der Waals surface area contributed by atoms with E-state index in [9.17, 15) is 18.0 Å². The average Bonchev–Trinajstić information content (AvgIpc) is 3.12. The molecule has 9 nitrogen and oxygen atoms in total. The molecule has 0 amide bonds. The molecule has 1 aliphatic heterocycles. The van der Waals surface area contributed by atoms with Crippen molar-refractivity contribution >= 4 is 32.9 Å². The van der Waals surface area contributed by atoms with E-state index in [0.29, 0.717) is 19.5 Å². The van der Waals surface area contributed by atoms with E-state index in [1.54, 1.807) is 11.8 Å². The summed E-state index contributed by atoms with van der Waals surface area (Å²) < 4.78 is 37.5. The first-order chi connectivity index (χ1) is 14.6. The molecular weight excluding hydrogens is 446 g/mol. The van der Waals surface area contributed by atoms with Gasteiger partial charge in [0.15, 0.2) is 16.1 Å². The predicted molar refractivity (Wildman–Crippen MR) is 117 cm³/mol. The van der Waals surface area contributed by atoms with Gasteiger partial charge in [0.25, 0.3) is 5.56 Å². The molecular formula is C20H26ClN3O6S. The quantitative estimate of drug-likeness (QED) is 0.615. The largest absolute Gasteiger partial charge is 0.362 e. The number of halogens is 1. The Hall–Kier alpha value is -2.14. The highest BCUT2D eigenvalue weighted by atomic mass is 35.5. The number of hydrogen-bond donors (Lipinski definition) is 1. The molecule has 0 unspecified atom stereocenters. The Morgan fingerprint density at radius 1 is 1.29 bits per heavy atom. The van der Waals surface area contributed by atoms with Crippen molar-refractivity contribution in [3.8, 4) is 0 Å². The zero-order valence-electron chi connectivity index (χ0n) is 17.8. The van der Waals surface area contributed by atoms with Crippen LogP contribution in [0.4, 0.5) is 5.69 Å². The van der Waals surface area contributed by atoms with Gasteiger partial charge in [0.1, 0.15) is 5.56 Å². The van der Waals surface area contributed by atoms with Gasteiger partial charge < -0.3 is 19.5 Å². The van der Waals surface area contributed by atoms with Crippen LogP contribution in [-0.2, 0) is 25.9 Å². The van der Waals surface area contributed by atoms with E-state index in [2.05, 4.69) is 5.10 Å². The minimum Gasteiger partial charge on any atom is -0.362 e. The van der Waals surface area contributed by atoms with Crippen LogP contribution in [0.1, 0.15) is 36.2 Å². The SMILES string of the molecule is CC[C@@H]1CN(c2c(S(C)(=O)=O)ccc(C(=O)c3c[nH]n(CC)c3=O)c2Cl)C[C@H](OC)O1. The first-order valence-corrected chi connectivity index (χ1v) is 12.2. The van der Waals surface area contributed by atoms with Gasteiger partial charge in [-0.15, -0.1) is 0 Å². The van der Waals surface area contributed by atoms with Crippen molar-refractivity contribution in [3.63, 3.8) is 0 Å². The molecule has 1 saturated heterocycles. The Kier molecular flexibility index (Phi) is 6.95. The molecule has 2 aromatic rings. The molecule has 0 saturated carbocycles. The van der Waals surface area contributed by atoms with Crippen LogP contribution in [0.5, 0.6) is 0 Å². The van der Waals surface area contributed by atoms with Crippen LogP contribution in [0.2, 0.25) is 5.02 Å². The van der Waals surface area contributed by atoms with Crippen LogP contribution in [0.3, 0.4) is 0 Å². The smallest absolute Gasteiger partial charge is 0.277 e. The fourth-order valence-corrected chi connectivity index (χ4v) is 4.93. The number of nitrogens with one attached hydrogen (secondary N) is 1. The van der Waals surface area contributed by atoms with E-state index < -0.39 is 27.5 Å². The van der Waals surface area contributed by atoms with Gasteiger partial charge >= 0.3 is 0 Å². The molecule has 0 radical (unpaired) electrons. The molecule has 11 heteroatoms. The second kappa shape index (κ2) is 9.15. The van der Waals surface area contributed by atoms with Crippen molar-refractivity contribution in [3.05, 3.63) is 44.8 Å². The number of hydrogen-bond acceptors (Lipinski definition) is 7. The Labute approximate surface area is 185 Å². The molecule has 0 spiro atoms. The van der Waals surface area contributed by atoms with E-state index in [1.165, 1.54) is 30.1 Å². The summed E-state index contributed by atoms with van der Waals surface area (Å²) in [5.74, 6) is -0.580. The number of morpholine rings is 1. The van der Waals surface area contributed by atoms with Crippen molar-refractivity contribution < 1.29 is 22.7 Å². The van der Waals surface area contributed by atoms with Gasteiger partial charge in [0.05, 0.1) is 28.3 Å². The van der Waals surface area contributed by atoms with E-state index in [4.69, 9.17) is 21.1 Å². The number of H-pyrrole nitrogens is 1. The van der Waals surface area contributed by atoms with Crippen molar-refractivity contribution in [1.82, 2.24) is 9.78 Å². The number of aromatic nitrogens is 2. The summed E-state index contributed by atoms with van der Waals surface area (Å²) in [5.41, 5.74) is -0.263. The number of aryl methyl sites for hydroxylation is 1. The van der Waals surface area contributed by atoms with Crippen LogP contribution in [0.15, 0.2) is 28.0 Å². The number of anilines is 1. The number of carbonyl (C=O) groups is 1. The lowest BCUT2D eigenvalue weighted by Crippen LogP contribution is -2.48. The first-order valence-electron chi connectivity index (χ1n) is 9.90. The highest BCUT2D eigenvalue weighted by Gasteiger charge is 2.33. The Morgan fingerprint density at radius 2 is 2.00 bits per heavy atom. The van der Waals surface area contributed by atoms with Gasteiger partial charge in [0, 0.05) is 38.2 Å². The third kappa shape index (κ3) is 4.57. The highest BCUT2D eigenvalue weighted by molar-refractivity contribution is 7.90. The summed E-state index contributed by atoms with van der Waals surface area (Å²) in [6.45, 7) is 4.71. The monoisotopic (exact) mass is 471 g/mol. The van der Waals surface area contributed by atoms with Gasteiger partial charge in [-0.1, -0.05) is 18.5 Å². The summed E-state index contributed by atoms with van der Waals surface area (Å²) in [4.78, 5) is 27.3. The normalized spacial score (nSPS) is 19.6. The molecule has 0 bridgehead atoms. The van der Waals surface area contributed by atoms with Gasteiger partial charge in [-0.3, -0.25) is 14.3 Å². The molecule has 1 fully saturated rings. The molecule has 1 aromatic heterocycles. The van der Waals surface area contributed by atoms with Gasteiger partial charge in [0.2, 0.25) is 5.78 Å². The maximum atomic E-state index is 13.1. The molecule has 31 heavy (non-hydrogen) atoms. The van der Waals surface area contributed by atoms with E-state index >= 15 is 0 Å². The summed E-state index contributed by atoms with van der Waals surface area (Å²) >= 11 is 6.65. The summed E-state index contributed by atoms with van der Waals surface area (Å²) in [5, 5.41) is 2.71. The minimum atomic E-state index is -3.66. The van der Waals surface area contributed by atoms with Gasteiger partial charge in [-0.2, -0.15) is 0 Å². The maximum absolute atomic E-state index is 13.1. The molecule has 2 heterocycles. The number of benzene rings is 1. The second-order valence-corrected chi connectivity index (χ2v) is 9.71. The fraction of sp³-hybridized carbons (Fsp3) is 0.500. The number of carbonyl (C=O) groups excluding carboxylic acids is 1. The van der Waals surface area contributed by atoms with Crippen LogP contribution in [0.25, 0.3) is 0 Å². The van der Waals surface area contributed by atoms with Crippen LogP contribution in [0, 0.1) is 0 Å². The van der Waals surface area contributed by atoms with E-state index in [1.807, 2.05) is 6.92 Å². The van der Waals surface area contributed by atoms with Crippen LogP contribution in [-0.4, -0.2) is 62.8 Å². The zero-order valence-corrected chi connectivity index (χ0v) is 19.4. The van der Waals surface area contributed by atoms with Crippen molar-refractivity contribution in [2.75, 3.05) is 31.4 Å². The molecule has 1 N–H and O–H groups in total. The number of aromatic amines is 1.